The van der Waals surface area contributed by atoms with Gasteiger partial charge in [0.25, 0.3) is 0 Å². The lowest BCUT2D eigenvalue weighted by Crippen LogP contribution is -2.42. The molecule has 1 saturated heterocycles. The average Bonchev–Trinajstić information content (AvgIpc) is 2.72. The van der Waals surface area contributed by atoms with Crippen molar-refractivity contribution in [1.82, 2.24) is 15.2 Å². The number of aromatic nitrogens is 1. The number of pyridine rings is 1. The maximum Gasteiger partial charge on any atom is 0.108 e. The van der Waals surface area contributed by atoms with Crippen molar-refractivity contribution in [2.45, 2.75) is 9.92 Å². The molecule has 1 aromatic heterocycles. The predicted octanol–water partition coefficient (Wildman–Crippen LogP) is 2.95. The molecular formula is C17H17N3S. The fourth-order valence-electron chi connectivity index (χ4n) is 2.86. The van der Waals surface area contributed by atoms with E-state index >= 15 is 0 Å². The standard InChI is InChI=1S/C17H17N3S/c1-2-6-16-14(5-1)15(20-10-8-18-9-11-20)12-13-4-3-7-19-17(13)21-16/h1-7,12,18H,8-11H2. The fourth-order valence-corrected chi connectivity index (χ4v) is 3.86. The first-order valence-electron chi connectivity index (χ1n) is 7.31. The number of rotatable bonds is 1. The number of hydrogen-bond acceptors (Lipinski definition) is 4. The molecule has 0 aliphatic carbocycles. The van der Waals surface area contributed by atoms with Crippen molar-refractivity contribution in [2.75, 3.05) is 26.2 Å². The summed E-state index contributed by atoms with van der Waals surface area (Å²) in [5.41, 5.74) is 3.86. The van der Waals surface area contributed by atoms with Gasteiger partial charge in [-0.15, -0.1) is 0 Å². The van der Waals surface area contributed by atoms with E-state index in [4.69, 9.17) is 0 Å². The third-order valence-corrected chi connectivity index (χ3v) is 5.03. The Kier molecular flexibility index (Phi) is 3.41. The van der Waals surface area contributed by atoms with E-state index in [0.717, 1.165) is 31.2 Å². The Morgan fingerprint density at radius 3 is 2.81 bits per heavy atom. The van der Waals surface area contributed by atoms with Crippen LogP contribution in [0.5, 0.6) is 0 Å². The molecule has 4 heteroatoms. The van der Waals surface area contributed by atoms with Crippen molar-refractivity contribution in [2.24, 2.45) is 0 Å². The second kappa shape index (κ2) is 5.54. The first-order valence-corrected chi connectivity index (χ1v) is 8.13. The number of hydrogen-bond donors (Lipinski definition) is 1. The zero-order valence-corrected chi connectivity index (χ0v) is 12.6. The van der Waals surface area contributed by atoms with Crippen LogP contribution in [0.3, 0.4) is 0 Å². The summed E-state index contributed by atoms with van der Waals surface area (Å²) in [7, 11) is 0. The molecule has 0 amide bonds. The smallest absolute Gasteiger partial charge is 0.108 e. The van der Waals surface area contributed by atoms with Gasteiger partial charge in [-0.1, -0.05) is 36.0 Å². The van der Waals surface area contributed by atoms with Crippen LogP contribution in [-0.4, -0.2) is 36.1 Å². The zero-order valence-electron chi connectivity index (χ0n) is 11.7. The van der Waals surface area contributed by atoms with Crippen LogP contribution in [0.2, 0.25) is 0 Å². The number of fused-ring (bicyclic) bond motifs is 2. The minimum atomic E-state index is 1.05. The minimum Gasteiger partial charge on any atom is -0.368 e. The predicted molar refractivity (Wildman–Crippen MR) is 87.1 cm³/mol. The monoisotopic (exact) mass is 295 g/mol. The Hall–Kier alpha value is -1.78. The summed E-state index contributed by atoms with van der Waals surface area (Å²) < 4.78 is 0. The van der Waals surface area contributed by atoms with E-state index in [1.807, 2.05) is 12.3 Å². The Bertz CT molecular complexity index is 690. The molecule has 106 valence electrons. The maximum atomic E-state index is 4.55. The summed E-state index contributed by atoms with van der Waals surface area (Å²) in [6.07, 6.45) is 4.17. The largest absolute Gasteiger partial charge is 0.368 e. The van der Waals surface area contributed by atoms with Gasteiger partial charge in [0, 0.05) is 54.1 Å². The minimum absolute atomic E-state index is 1.05. The van der Waals surface area contributed by atoms with Gasteiger partial charge in [-0.2, -0.15) is 0 Å². The van der Waals surface area contributed by atoms with Gasteiger partial charge in [-0.05, 0) is 18.2 Å². The van der Waals surface area contributed by atoms with Crippen LogP contribution < -0.4 is 5.32 Å². The van der Waals surface area contributed by atoms with Crippen LogP contribution in [0, 0.1) is 0 Å². The summed E-state index contributed by atoms with van der Waals surface area (Å²) >= 11 is 1.77. The van der Waals surface area contributed by atoms with E-state index in [2.05, 4.69) is 51.6 Å². The lowest BCUT2D eigenvalue weighted by atomic mass is 10.1. The molecule has 3 nitrogen and oxygen atoms in total. The third kappa shape index (κ3) is 2.45. The number of piperazine rings is 1. The van der Waals surface area contributed by atoms with Gasteiger partial charge in [0.15, 0.2) is 0 Å². The summed E-state index contributed by atoms with van der Waals surface area (Å²) in [5, 5.41) is 4.52. The molecule has 0 bridgehead atoms. The third-order valence-electron chi connectivity index (χ3n) is 3.92. The van der Waals surface area contributed by atoms with E-state index in [1.54, 1.807) is 11.8 Å². The van der Waals surface area contributed by atoms with Crippen molar-refractivity contribution in [1.29, 1.82) is 0 Å². The number of nitrogens with zero attached hydrogens (tertiary/aromatic N) is 2. The van der Waals surface area contributed by atoms with E-state index in [1.165, 1.54) is 21.7 Å². The van der Waals surface area contributed by atoms with Crippen LogP contribution in [0.4, 0.5) is 0 Å². The Morgan fingerprint density at radius 1 is 1.05 bits per heavy atom. The van der Waals surface area contributed by atoms with Crippen LogP contribution >= 0.6 is 11.8 Å². The molecule has 1 aromatic carbocycles. The normalized spacial score (nSPS) is 17.5. The van der Waals surface area contributed by atoms with E-state index < -0.39 is 0 Å². The Morgan fingerprint density at radius 2 is 1.90 bits per heavy atom. The number of benzene rings is 1. The van der Waals surface area contributed by atoms with Gasteiger partial charge in [0.1, 0.15) is 5.03 Å². The second-order valence-electron chi connectivity index (χ2n) is 5.26. The van der Waals surface area contributed by atoms with Crippen LogP contribution in [0.15, 0.2) is 52.5 Å². The van der Waals surface area contributed by atoms with Crippen molar-refractivity contribution < 1.29 is 0 Å². The molecule has 3 heterocycles. The molecule has 0 unspecified atom stereocenters. The molecule has 2 aliphatic rings. The molecular weight excluding hydrogens is 278 g/mol. The van der Waals surface area contributed by atoms with Crippen LogP contribution in [-0.2, 0) is 0 Å². The van der Waals surface area contributed by atoms with Crippen molar-refractivity contribution in [3.8, 4) is 0 Å². The first kappa shape index (κ1) is 12.9. The molecule has 1 fully saturated rings. The Labute approximate surface area is 129 Å². The summed E-state index contributed by atoms with van der Waals surface area (Å²) in [6, 6.07) is 12.8. The van der Waals surface area contributed by atoms with E-state index in [-0.39, 0.29) is 0 Å². The molecule has 0 spiro atoms. The molecule has 1 N–H and O–H groups in total. The lowest BCUT2D eigenvalue weighted by Gasteiger charge is -2.32. The van der Waals surface area contributed by atoms with Crippen molar-refractivity contribution in [3.63, 3.8) is 0 Å². The summed E-state index contributed by atoms with van der Waals surface area (Å²) in [5.74, 6) is 0. The fraction of sp³-hybridized carbons (Fsp3) is 0.235. The topological polar surface area (TPSA) is 28.2 Å². The Balaban J connectivity index is 1.87. The molecule has 0 radical (unpaired) electrons. The van der Waals surface area contributed by atoms with Crippen molar-refractivity contribution in [3.05, 3.63) is 53.7 Å². The molecule has 21 heavy (non-hydrogen) atoms. The van der Waals surface area contributed by atoms with Gasteiger partial charge < -0.3 is 10.2 Å². The van der Waals surface area contributed by atoms with Gasteiger partial charge in [-0.25, -0.2) is 4.98 Å². The maximum absolute atomic E-state index is 4.55. The van der Waals surface area contributed by atoms with Crippen molar-refractivity contribution >= 4 is 23.5 Å². The highest BCUT2D eigenvalue weighted by atomic mass is 32.2. The van der Waals surface area contributed by atoms with E-state index in [0.29, 0.717) is 0 Å². The second-order valence-corrected chi connectivity index (χ2v) is 6.29. The SMILES string of the molecule is C1=C(N2CCNCC2)c2ccccc2Sc2ncccc21. The molecule has 2 aromatic rings. The molecule has 0 saturated carbocycles. The van der Waals surface area contributed by atoms with E-state index in [9.17, 15) is 0 Å². The van der Waals surface area contributed by atoms with Gasteiger partial charge in [-0.3, -0.25) is 0 Å². The number of nitrogens with one attached hydrogen (secondary N) is 1. The van der Waals surface area contributed by atoms with Gasteiger partial charge in [0.05, 0.1) is 0 Å². The van der Waals surface area contributed by atoms with Gasteiger partial charge >= 0.3 is 0 Å². The summed E-state index contributed by atoms with van der Waals surface area (Å²) in [6.45, 7) is 4.21. The highest BCUT2D eigenvalue weighted by molar-refractivity contribution is 7.99. The zero-order chi connectivity index (χ0) is 14.1. The van der Waals surface area contributed by atoms with Crippen LogP contribution in [0.1, 0.15) is 11.1 Å². The molecule has 0 atom stereocenters. The van der Waals surface area contributed by atoms with Gasteiger partial charge in [0.2, 0.25) is 0 Å². The molecule has 4 rings (SSSR count). The highest BCUT2D eigenvalue weighted by Gasteiger charge is 2.21. The summed E-state index contributed by atoms with van der Waals surface area (Å²) in [4.78, 5) is 8.32. The average molecular weight is 295 g/mol. The lowest BCUT2D eigenvalue weighted by molar-refractivity contribution is 0.341. The highest BCUT2D eigenvalue weighted by Crippen LogP contribution is 2.40. The first-order chi connectivity index (χ1) is 10.4. The molecule has 2 aliphatic heterocycles. The quantitative estimate of drug-likeness (QED) is 0.875. The van der Waals surface area contributed by atoms with Crippen LogP contribution in [0.25, 0.3) is 11.8 Å².